The molecule has 29 heavy (non-hydrogen) atoms. The number of aromatic nitrogens is 2. The van der Waals surface area contributed by atoms with Crippen LogP contribution in [-0.4, -0.2) is 45.8 Å². The van der Waals surface area contributed by atoms with Crippen molar-refractivity contribution >= 4 is 28.4 Å². The van der Waals surface area contributed by atoms with Gasteiger partial charge in [-0.25, -0.2) is 0 Å². The minimum atomic E-state index is -1.04. The fraction of sp³-hybridized carbons (Fsp3) is 0.238. The molecule has 0 aliphatic rings. The first-order valence-corrected chi connectivity index (χ1v) is 11.0. The highest BCUT2D eigenvalue weighted by Crippen LogP contribution is 2.19. The van der Waals surface area contributed by atoms with Gasteiger partial charge >= 0.3 is 0 Å². The Morgan fingerprint density at radius 1 is 1.14 bits per heavy atom. The van der Waals surface area contributed by atoms with Crippen LogP contribution < -0.4 is 10.6 Å². The van der Waals surface area contributed by atoms with Gasteiger partial charge in [-0.05, 0) is 35.9 Å². The Morgan fingerprint density at radius 3 is 2.55 bits per heavy atom. The van der Waals surface area contributed by atoms with Crippen LogP contribution in [0.3, 0.4) is 0 Å². The average Bonchev–Trinajstić information content (AvgIpc) is 3.29. The van der Waals surface area contributed by atoms with E-state index >= 15 is 0 Å². The Hall–Kier alpha value is -2.64. The molecule has 2 N–H and O–H groups in total. The van der Waals surface area contributed by atoms with Gasteiger partial charge in [0.2, 0.25) is 0 Å². The molecule has 2 atom stereocenters. The van der Waals surface area contributed by atoms with Crippen LogP contribution in [-0.2, 0) is 10.8 Å². The van der Waals surface area contributed by atoms with Crippen LogP contribution in [0.15, 0.2) is 82.9 Å². The molecule has 0 aliphatic carbocycles. The van der Waals surface area contributed by atoms with E-state index in [-0.39, 0.29) is 6.04 Å². The molecule has 152 valence electrons. The second-order valence-corrected chi connectivity index (χ2v) is 8.30. The number of nitrogens with one attached hydrogen (secondary N) is 2. The van der Waals surface area contributed by atoms with Crippen molar-refractivity contribution in [2.75, 3.05) is 25.9 Å². The Bertz CT molecular complexity index is 929. The third-order valence-corrected chi connectivity index (χ3v) is 6.00. The number of aliphatic imine (C=N–C) groups is 1. The molecule has 8 heteroatoms. The predicted octanol–water partition coefficient (Wildman–Crippen LogP) is 3.10. The minimum absolute atomic E-state index is 0.0146. The van der Waals surface area contributed by atoms with Crippen molar-refractivity contribution in [3.63, 3.8) is 0 Å². The molecule has 1 heterocycles. The van der Waals surface area contributed by atoms with Crippen LogP contribution in [0.4, 0.5) is 0 Å². The van der Waals surface area contributed by atoms with Gasteiger partial charge in [-0.15, -0.1) is 0 Å². The second kappa shape index (κ2) is 10.8. The first-order valence-electron chi connectivity index (χ1n) is 9.30. The maximum absolute atomic E-state index is 12.3. The quantitative estimate of drug-likeness (QED) is 0.426. The van der Waals surface area contributed by atoms with Crippen molar-refractivity contribution < 1.29 is 4.21 Å². The number of nitrogens with zero attached hydrogens (tertiary/aromatic N) is 3. The molecule has 1 aromatic heterocycles. The summed E-state index contributed by atoms with van der Waals surface area (Å²) in [4.78, 5) is 5.10. The summed E-state index contributed by atoms with van der Waals surface area (Å²) in [5.74, 6) is 1.16. The first kappa shape index (κ1) is 21.1. The molecule has 6 nitrogen and oxygen atoms in total. The van der Waals surface area contributed by atoms with Gasteiger partial charge in [0.1, 0.15) is 0 Å². The van der Waals surface area contributed by atoms with Crippen molar-refractivity contribution in [3.8, 4) is 0 Å². The zero-order valence-corrected chi connectivity index (χ0v) is 17.7. The summed E-state index contributed by atoms with van der Waals surface area (Å²) < 4.78 is 14.2. The van der Waals surface area contributed by atoms with Crippen LogP contribution in [0.5, 0.6) is 0 Å². The number of benzene rings is 2. The summed E-state index contributed by atoms with van der Waals surface area (Å²) in [5, 5.41) is 11.6. The highest BCUT2D eigenvalue weighted by atomic mass is 35.5. The second-order valence-electron chi connectivity index (χ2n) is 6.30. The van der Waals surface area contributed by atoms with Crippen molar-refractivity contribution in [2.45, 2.75) is 10.9 Å². The van der Waals surface area contributed by atoms with Crippen molar-refractivity contribution in [1.29, 1.82) is 0 Å². The monoisotopic (exact) mass is 429 g/mol. The third kappa shape index (κ3) is 6.17. The third-order valence-electron chi connectivity index (χ3n) is 4.37. The van der Waals surface area contributed by atoms with Crippen LogP contribution in [0.25, 0.3) is 0 Å². The summed E-state index contributed by atoms with van der Waals surface area (Å²) in [5.41, 5.74) is 1.09. The molecular weight excluding hydrogens is 406 g/mol. The molecule has 0 radical (unpaired) electrons. The van der Waals surface area contributed by atoms with E-state index in [0.717, 1.165) is 10.5 Å². The maximum atomic E-state index is 12.3. The number of hydrogen-bond donors (Lipinski definition) is 2. The van der Waals surface area contributed by atoms with Crippen LogP contribution in [0.1, 0.15) is 11.6 Å². The van der Waals surface area contributed by atoms with Crippen LogP contribution >= 0.6 is 11.6 Å². The fourth-order valence-corrected chi connectivity index (χ4v) is 3.99. The number of rotatable bonds is 8. The SMILES string of the molecule is CN=C(NCCS(=O)c1ccccc1)NCC(c1ccc(Cl)cc1)n1cccn1. The Morgan fingerprint density at radius 2 is 1.90 bits per heavy atom. The lowest BCUT2D eigenvalue weighted by Crippen LogP contribution is -2.41. The van der Waals surface area contributed by atoms with Crippen molar-refractivity contribution in [3.05, 3.63) is 83.6 Å². The standard InChI is InChI=1S/C21H24ClN5OS/c1-23-21(24-13-15-29(28)19-6-3-2-4-7-19)25-16-20(27-14-5-12-26-27)17-8-10-18(22)11-9-17/h2-12,14,20H,13,15-16H2,1H3,(H2,23,24,25). The van der Waals surface area contributed by atoms with Crippen molar-refractivity contribution in [1.82, 2.24) is 20.4 Å². The van der Waals surface area contributed by atoms with Gasteiger partial charge in [0.05, 0.1) is 16.8 Å². The lowest BCUT2D eigenvalue weighted by Gasteiger charge is -2.20. The molecule has 0 fully saturated rings. The van der Waals surface area contributed by atoms with E-state index in [2.05, 4.69) is 20.7 Å². The zero-order chi connectivity index (χ0) is 20.5. The molecule has 0 bridgehead atoms. The van der Waals surface area contributed by atoms with E-state index < -0.39 is 10.8 Å². The van der Waals surface area contributed by atoms with E-state index in [9.17, 15) is 4.21 Å². The summed E-state index contributed by atoms with van der Waals surface area (Å²) in [6.45, 7) is 1.14. The molecule has 3 aromatic rings. The van der Waals surface area contributed by atoms with E-state index in [4.69, 9.17) is 11.6 Å². The van der Waals surface area contributed by atoms with Crippen molar-refractivity contribution in [2.24, 2.45) is 4.99 Å². The first-order chi connectivity index (χ1) is 14.2. The molecule has 3 rings (SSSR count). The van der Waals surface area contributed by atoms with Gasteiger partial charge in [-0.3, -0.25) is 13.9 Å². The molecular formula is C21H24ClN5OS. The predicted molar refractivity (Wildman–Crippen MR) is 119 cm³/mol. The normalized spacial score (nSPS) is 13.7. The van der Waals surface area contributed by atoms with Gasteiger partial charge in [0.25, 0.3) is 0 Å². The van der Waals surface area contributed by atoms with E-state index in [1.165, 1.54) is 0 Å². The summed E-state index contributed by atoms with van der Waals surface area (Å²) >= 11 is 6.03. The van der Waals surface area contributed by atoms with Gasteiger partial charge in [-0.1, -0.05) is 41.9 Å². The minimum Gasteiger partial charge on any atom is -0.355 e. The topological polar surface area (TPSA) is 71.3 Å². The fourth-order valence-electron chi connectivity index (χ4n) is 2.88. The zero-order valence-electron chi connectivity index (χ0n) is 16.2. The molecule has 2 unspecified atom stereocenters. The van der Waals surface area contributed by atoms with Gasteiger partial charge in [0, 0.05) is 48.2 Å². The smallest absolute Gasteiger partial charge is 0.191 e. The summed E-state index contributed by atoms with van der Waals surface area (Å²) in [6, 6.07) is 19.1. The molecule has 0 saturated heterocycles. The molecule has 0 spiro atoms. The Labute approximate surface area is 178 Å². The molecule has 2 aromatic carbocycles. The van der Waals surface area contributed by atoms with Gasteiger partial charge < -0.3 is 10.6 Å². The summed E-state index contributed by atoms with van der Waals surface area (Å²) in [7, 11) is 0.674. The number of halogens is 1. The largest absolute Gasteiger partial charge is 0.355 e. The van der Waals surface area contributed by atoms with Crippen LogP contribution in [0.2, 0.25) is 5.02 Å². The Balaban J connectivity index is 1.56. The van der Waals surface area contributed by atoms with Gasteiger partial charge in [-0.2, -0.15) is 5.10 Å². The van der Waals surface area contributed by atoms with Crippen LogP contribution in [0, 0.1) is 0 Å². The molecule has 0 aliphatic heterocycles. The maximum Gasteiger partial charge on any atom is 0.191 e. The lowest BCUT2D eigenvalue weighted by atomic mass is 10.1. The molecule has 0 saturated carbocycles. The average molecular weight is 430 g/mol. The Kier molecular flexibility index (Phi) is 7.84. The summed E-state index contributed by atoms with van der Waals surface area (Å²) in [6.07, 6.45) is 3.69. The van der Waals surface area contributed by atoms with E-state index in [1.54, 1.807) is 13.2 Å². The lowest BCUT2D eigenvalue weighted by molar-refractivity contribution is 0.511. The van der Waals surface area contributed by atoms with E-state index in [0.29, 0.717) is 29.8 Å². The van der Waals surface area contributed by atoms with Gasteiger partial charge in [0.15, 0.2) is 5.96 Å². The highest BCUT2D eigenvalue weighted by Gasteiger charge is 2.15. The highest BCUT2D eigenvalue weighted by molar-refractivity contribution is 7.85. The number of hydrogen-bond acceptors (Lipinski definition) is 3. The van der Waals surface area contributed by atoms with E-state index in [1.807, 2.05) is 71.5 Å². The number of guanidine groups is 1. The molecule has 0 amide bonds.